The van der Waals surface area contributed by atoms with E-state index >= 15 is 0 Å². The maximum Gasteiger partial charge on any atom is 0.262 e. The smallest absolute Gasteiger partial charge is 0.262 e. The van der Waals surface area contributed by atoms with Gasteiger partial charge in [0, 0.05) is 6.42 Å². The van der Waals surface area contributed by atoms with Gasteiger partial charge in [0.25, 0.3) is 11.8 Å². The Hall–Kier alpha value is -2.45. The van der Waals surface area contributed by atoms with Gasteiger partial charge >= 0.3 is 0 Å². The number of rotatable bonds is 12. The minimum absolute atomic E-state index is 0. The van der Waals surface area contributed by atoms with E-state index in [1.165, 1.54) is 32.1 Å². The Morgan fingerprint density at radius 1 is 0.906 bits per heavy atom. The van der Waals surface area contributed by atoms with E-state index in [0.717, 1.165) is 30.7 Å². The van der Waals surface area contributed by atoms with E-state index in [1.54, 1.807) is 18.2 Å². The van der Waals surface area contributed by atoms with Crippen molar-refractivity contribution in [2.45, 2.75) is 70.3 Å². The van der Waals surface area contributed by atoms with Crippen molar-refractivity contribution in [3.05, 3.63) is 29.3 Å². The number of carbonyl (C=O) groups is 4. The van der Waals surface area contributed by atoms with E-state index in [2.05, 4.69) is 5.32 Å². The summed E-state index contributed by atoms with van der Waals surface area (Å²) in [6.07, 6.45) is 9.45. The number of carbonyl (C=O) groups excluding carboxylic acids is 4. The lowest BCUT2D eigenvalue weighted by Crippen LogP contribution is -2.54. The molecule has 1 aromatic rings. The number of benzene rings is 1. The number of hydrogen-bond donors (Lipinski definition) is 2. The molecule has 0 radical (unpaired) electrons. The van der Waals surface area contributed by atoms with Crippen LogP contribution >= 0.6 is 12.4 Å². The van der Waals surface area contributed by atoms with Crippen molar-refractivity contribution in [1.82, 2.24) is 10.2 Å². The lowest BCUT2D eigenvalue weighted by molar-refractivity contribution is -0.136. The third kappa shape index (κ3) is 6.29. The first-order valence-electron chi connectivity index (χ1n) is 11.2. The molecule has 0 saturated carbocycles. The molecule has 4 amide bonds. The highest BCUT2D eigenvalue weighted by molar-refractivity contribution is 6.23. The average molecular weight is 466 g/mol. The summed E-state index contributed by atoms with van der Waals surface area (Å²) in [5, 5.41) is 2.19. The van der Waals surface area contributed by atoms with Crippen LogP contribution in [0.25, 0.3) is 0 Å². The van der Waals surface area contributed by atoms with Crippen LogP contribution in [-0.4, -0.2) is 47.7 Å². The van der Waals surface area contributed by atoms with Crippen LogP contribution in [0.4, 0.5) is 0 Å². The van der Waals surface area contributed by atoms with Crippen molar-refractivity contribution in [3.8, 4) is 5.75 Å². The highest BCUT2D eigenvalue weighted by Crippen LogP contribution is 2.30. The monoisotopic (exact) mass is 465 g/mol. The third-order valence-corrected chi connectivity index (χ3v) is 5.78. The molecule has 1 aromatic carbocycles. The van der Waals surface area contributed by atoms with E-state index in [9.17, 15) is 19.2 Å². The molecule has 1 unspecified atom stereocenters. The summed E-state index contributed by atoms with van der Waals surface area (Å²) in [5.74, 6) is -1.49. The summed E-state index contributed by atoms with van der Waals surface area (Å²) in [7, 11) is 0. The van der Waals surface area contributed by atoms with Crippen molar-refractivity contribution in [2.24, 2.45) is 5.73 Å². The first-order chi connectivity index (χ1) is 15.0. The van der Waals surface area contributed by atoms with E-state index < -0.39 is 23.8 Å². The van der Waals surface area contributed by atoms with E-state index in [-0.39, 0.29) is 42.3 Å². The fourth-order valence-corrected chi connectivity index (χ4v) is 4.04. The summed E-state index contributed by atoms with van der Waals surface area (Å²) in [6.45, 7) is 1.32. The zero-order valence-electron chi connectivity index (χ0n) is 18.3. The van der Waals surface area contributed by atoms with Crippen LogP contribution in [0.2, 0.25) is 0 Å². The number of imide groups is 2. The normalized spacial score (nSPS) is 17.8. The van der Waals surface area contributed by atoms with Gasteiger partial charge in [-0.3, -0.25) is 29.4 Å². The van der Waals surface area contributed by atoms with Crippen LogP contribution in [0, 0.1) is 0 Å². The number of ether oxygens (including phenoxy) is 1. The second-order valence-electron chi connectivity index (χ2n) is 8.12. The average Bonchev–Trinajstić information content (AvgIpc) is 2.99. The Labute approximate surface area is 194 Å². The highest BCUT2D eigenvalue weighted by atomic mass is 35.5. The zero-order valence-corrected chi connectivity index (χ0v) is 19.1. The minimum atomic E-state index is -0.954. The van der Waals surface area contributed by atoms with Gasteiger partial charge in [-0.25, -0.2) is 0 Å². The molecule has 176 valence electrons. The minimum Gasteiger partial charge on any atom is -0.494 e. The first kappa shape index (κ1) is 25.8. The molecule has 1 fully saturated rings. The third-order valence-electron chi connectivity index (χ3n) is 5.78. The fourth-order valence-electron chi connectivity index (χ4n) is 4.04. The number of halogens is 1. The summed E-state index contributed by atoms with van der Waals surface area (Å²) < 4.78 is 5.77. The van der Waals surface area contributed by atoms with Crippen molar-refractivity contribution in [2.75, 3.05) is 13.2 Å². The summed E-state index contributed by atoms with van der Waals surface area (Å²) in [6, 6.07) is 3.86. The van der Waals surface area contributed by atoms with Crippen LogP contribution in [0.3, 0.4) is 0 Å². The number of nitrogens with zero attached hydrogens (tertiary/aromatic N) is 1. The van der Waals surface area contributed by atoms with Gasteiger partial charge in [-0.1, -0.05) is 38.5 Å². The number of nitrogens with two attached hydrogens (primary N) is 1. The van der Waals surface area contributed by atoms with E-state index in [4.69, 9.17) is 10.5 Å². The molecular formula is C23H32ClN3O5. The summed E-state index contributed by atoms with van der Waals surface area (Å²) in [4.78, 5) is 49.9. The van der Waals surface area contributed by atoms with E-state index in [1.807, 2.05) is 0 Å². The summed E-state index contributed by atoms with van der Waals surface area (Å²) in [5.41, 5.74) is 5.99. The molecular weight excluding hydrogens is 434 g/mol. The van der Waals surface area contributed by atoms with Crippen LogP contribution in [0.15, 0.2) is 18.2 Å². The topological polar surface area (TPSA) is 119 Å². The van der Waals surface area contributed by atoms with Crippen LogP contribution < -0.4 is 15.8 Å². The lowest BCUT2D eigenvalue weighted by atomic mass is 10.0. The molecule has 0 bridgehead atoms. The Kier molecular flexibility index (Phi) is 10.1. The van der Waals surface area contributed by atoms with Crippen LogP contribution in [0.5, 0.6) is 5.75 Å². The summed E-state index contributed by atoms with van der Waals surface area (Å²) >= 11 is 0. The maximum absolute atomic E-state index is 12.8. The van der Waals surface area contributed by atoms with Gasteiger partial charge in [-0.05, 0) is 44.0 Å². The van der Waals surface area contributed by atoms with Crippen molar-refractivity contribution in [1.29, 1.82) is 0 Å². The molecule has 3 rings (SSSR count). The molecule has 0 spiro atoms. The molecule has 2 aliphatic heterocycles. The zero-order chi connectivity index (χ0) is 22.2. The molecule has 2 heterocycles. The Morgan fingerprint density at radius 3 is 2.19 bits per heavy atom. The van der Waals surface area contributed by atoms with Gasteiger partial charge in [0.2, 0.25) is 11.8 Å². The quantitative estimate of drug-likeness (QED) is 0.362. The Balaban J connectivity index is 0.00000363. The standard InChI is InChI=1S/C23H31N3O5.ClH/c24-13-7-5-3-1-2-4-6-8-14-31-16-9-10-17-18(15-16)23(30)26(22(17)29)19-11-12-20(27)25-21(19)28;/h9-10,15,19H,1-8,11-14,24H2,(H,25,27,28);1H. The number of unbranched alkanes of at least 4 members (excludes halogenated alkanes) is 7. The molecule has 9 heteroatoms. The largest absolute Gasteiger partial charge is 0.494 e. The predicted octanol–water partition coefficient (Wildman–Crippen LogP) is 2.97. The molecule has 0 aliphatic carbocycles. The second-order valence-corrected chi connectivity index (χ2v) is 8.12. The highest BCUT2D eigenvalue weighted by Gasteiger charge is 2.44. The van der Waals surface area contributed by atoms with Gasteiger partial charge < -0.3 is 10.5 Å². The molecule has 32 heavy (non-hydrogen) atoms. The van der Waals surface area contributed by atoms with Crippen molar-refractivity contribution < 1.29 is 23.9 Å². The van der Waals surface area contributed by atoms with Gasteiger partial charge in [0.15, 0.2) is 0 Å². The molecule has 1 atom stereocenters. The van der Waals surface area contributed by atoms with Gasteiger partial charge in [-0.15, -0.1) is 12.4 Å². The molecule has 3 N–H and O–H groups in total. The molecule has 0 aromatic heterocycles. The second kappa shape index (κ2) is 12.6. The van der Waals surface area contributed by atoms with Gasteiger partial charge in [0.1, 0.15) is 11.8 Å². The fraction of sp³-hybridized carbons (Fsp3) is 0.565. The number of piperidine rings is 1. The molecule has 1 saturated heterocycles. The van der Waals surface area contributed by atoms with Crippen molar-refractivity contribution >= 4 is 36.0 Å². The number of amides is 4. The number of fused-ring (bicyclic) bond motifs is 1. The molecule has 2 aliphatic rings. The SMILES string of the molecule is Cl.NCCCCCCCCCCOc1ccc2c(c1)C(=O)N(C1CCC(=O)NC1=O)C2=O. The predicted molar refractivity (Wildman–Crippen MR) is 122 cm³/mol. The van der Waals surface area contributed by atoms with E-state index in [0.29, 0.717) is 12.4 Å². The van der Waals surface area contributed by atoms with Crippen LogP contribution in [0.1, 0.15) is 84.9 Å². The van der Waals surface area contributed by atoms with Crippen molar-refractivity contribution in [3.63, 3.8) is 0 Å². The Morgan fingerprint density at radius 2 is 1.53 bits per heavy atom. The van der Waals surface area contributed by atoms with Gasteiger partial charge in [0.05, 0.1) is 17.7 Å². The lowest BCUT2D eigenvalue weighted by Gasteiger charge is -2.27. The first-order valence-corrected chi connectivity index (χ1v) is 11.2. The number of hydrogen-bond acceptors (Lipinski definition) is 6. The van der Waals surface area contributed by atoms with Crippen LogP contribution in [-0.2, 0) is 9.59 Å². The maximum atomic E-state index is 12.8. The van der Waals surface area contributed by atoms with Gasteiger partial charge in [-0.2, -0.15) is 0 Å². The Bertz CT molecular complexity index is 845. The molecule has 8 nitrogen and oxygen atoms in total. The number of nitrogens with one attached hydrogen (secondary N) is 1.